The molecule has 0 aromatic carbocycles. The summed E-state index contributed by atoms with van der Waals surface area (Å²) in [5.74, 6) is 0. The van der Waals surface area contributed by atoms with Crippen molar-refractivity contribution < 1.29 is 72.6 Å². The van der Waals surface area contributed by atoms with Crippen molar-refractivity contribution in [3.8, 4) is 0 Å². The molecule has 0 heterocycles. The molecular formula is C4H12BKO4. The molecule has 0 fully saturated rings. The van der Waals surface area contributed by atoms with Crippen LogP contribution in [0.5, 0.6) is 0 Å². The van der Waals surface area contributed by atoms with Crippen molar-refractivity contribution in [2.45, 2.75) is 26.1 Å². The largest absolute Gasteiger partial charge is 1.00 e. The van der Waals surface area contributed by atoms with Crippen LogP contribution in [-0.4, -0.2) is 34.7 Å². The van der Waals surface area contributed by atoms with Crippen molar-refractivity contribution in [1.82, 2.24) is 0 Å². The van der Waals surface area contributed by atoms with Crippen LogP contribution in [0.4, 0.5) is 0 Å². The Balaban J connectivity index is -0.000000320. The van der Waals surface area contributed by atoms with Crippen LogP contribution in [0.2, 0.25) is 0 Å². The molecule has 0 aliphatic carbocycles. The van der Waals surface area contributed by atoms with Crippen LogP contribution in [0.3, 0.4) is 0 Å². The number of hydrogen-bond acceptors (Lipinski definition) is 4. The van der Waals surface area contributed by atoms with E-state index in [1.54, 1.807) is 6.92 Å². The Kier molecular flexibility index (Phi) is 10.1. The first-order chi connectivity index (χ1) is 4.04. The zero-order valence-corrected chi connectivity index (χ0v) is 9.61. The maximum Gasteiger partial charge on any atom is 1.00 e. The molecule has 0 aromatic heterocycles. The molecule has 0 bridgehead atoms. The fourth-order valence-corrected chi connectivity index (χ4v) is 0.306. The average molecular weight is 174 g/mol. The molecule has 4 nitrogen and oxygen atoms in total. The van der Waals surface area contributed by atoms with Crippen LogP contribution in [-0.2, 0) is 4.65 Å². The van der Waals surface area contributed by atoms with Crippen LogP contribution in [0.15, 0.2) is 0 Å². The Hall–Kier alpha value is 1.54. The van der Waals surface area contributed by atoms with Crippen LogP contribution < -0.4 is 51.4 Å². The molecule has 10 heavy (non-hydrogen) atoms. The summed E-state index contributed by atoms with van der Waals surface area (Å²) in [6.45, 7) is 3.05. The third-order valence-electron chi connectivity index (χ3n) is 1.02. The van der Waals surface area contributed by atoms with Gasteiger partial charge in [0.1, 0.15) is 0 Å². The summed E-state index contributed by atoms with van der Waals surface area (Å²) < 4.78 is 4.37. The van der Waals surface area contributed by atoms with E-state index in [0.717, 1.165) is 0 Å². The summed E-state index contributed by atoms with van der Waals surface area (Å²) in [5.41, 5.74) is 0. The molecule has 0 saturated carbocycles. The molecule has 6 heteroatoms. The van der Waals surface area contributed by atoms with Gasteiger partial charge < -0.3 is 21.2 Å². The summed E-state index contributed by atoms with van der Waals surface area (Å²) in [6.07, 6.45) is -1.24. The maximum absolute atomic E-state index is 8.72. The van der Waals surface area contributed by atoms with Gasteiger partial charge in [-0.25, -0.2) is 0 Å². The number of rotatable bonds is 3. The quantitative estimate of drug-likeness (QED) is 0.380. The van der Waals surface area contributed by atoms with Gasteiger partial charge in [-0.3, -0.25) is 0 Å². The standard InChI is InChI=1S/C4H11BO4.K.H/c1-3(6)4(2)9-5(7)8;;/h3-4,6-8H,1-2H3;;/q;+1;-1. The second-order valence-electron chi connectivity index (χ2n) is 1.91. The molecule has 0 radical (unpaired) electrons. The molecule has 0 amide bonds. The van der Waals surface area contributed by atoms with E-state index in [9.17, 15) is 0 Å². The Labute approximate surface area is 105 Å². The molecule has 2 atom stereocenters. The first-order valence-electron chi connectivity index (χ1n) is 2.73. The smallest absolute Gasteiger partial charge is 1.00 e. The second kappa shape index (κ2) is 7.20. The third-order valence-corrected chi connectivity index (χ3v) is 1.02. The Morgan fingerprint density at radius 2 is 1.80 bits per heavy atom. The van der Waals surface area contributed by atoms with E-state index in [1.165, 1.54) is 6.92 Å². The summed E-state index contributed by atoms with van der Waals surface area (Å²) in [6, 6.07) is 0. The van der Waals surface area contributed by atoms with E-state index in [-0.39, 0.29) is 52.8 Å². The first kappa shape index (κ1) is 14.1. The number of aliphatic hydroxyl groups excluding tert-OH is 1. The van der Waals surface area contributed by atoms with Gasteiger partial charge in [0.2, 0.25) is 0 Å². The monoisotopic (exact) mass is 174 g/mol. The minimum atomic E-state index is -1.80. The Morgan fingerprint density at radius 3 is 1.90 bits per heavy atom. The second-order valence-corrected chi connectivity index (χ2v) is 1.91. The van der Waals surface area contributed by atoms with Crippen molar-refractivity contribution in [2.24, 2.45) is 0 Å². The van der Waals surface area contributed by atoms with Gasteiger partial charge in [-0.05, 0) is 13.8 Å². The summed E-state index contributed by atoms with van der Waals surface area (Å²) in [7, 11) is -1.80. The van der Waals surface area contributed by atoms with Gasteiger partial charge >= 0.3 is 58.7 Å². The molecule has 0 spiro atoms. The van der Waals surface area contributed by atoms with E-state index >= 15 is 0 Å². The fourth-order valence-electron chi connectivity index (χ4n) is 0.306. The number of aliphatic hydroxyl groups is 1. The van der Waals surface area contributed by atoms with E-state index < -0.39 is 19.5 Å². The predicted octanol–water partition coefficient (Wildman–Crippen LogP) is -4.14. The SMILES string of the molecule is CC(O)C(C)OB(O)O.[H-].[K+]. The average Bonchev–Trinajstić information content (AvgIpc) is 1.63. The molecule has 0 aliphatic heterocycles. The minimum absolute atomic E-state index is 0. The van der Waals surface area contributed by atoms with Crippen molar-refractivity contribution >= 4 is 7.32 Å². The summed E-state index contributed by atoms with van der Waals surface area (Å²) in [5, 5.41) is 25.1. The predicted molar refractivity (Wildman–Crippen MR) is 33.5 cm³/mol. The topological polar surface area (TPSA) is 69.9 Å². The zero-order chi connectivity index (χ0) is 7.44. The van der Waals surface area contributed by atoms with E-state index in [2.05, 4.69) is 4.65 Å². The Morgan fingerprint density at radius 1 is 1.40 bits per heavy atom. The van der Waals surface area contributed by atoms with Gasteiger partial charge in [0.25, 0.3) is 0 Å². The van der Waals surface area contributed by atoms with Gasteiger partial charge in [-0.2, -0.15) is 0 Å². The molecule has 0 aliphatic rings. The summed E-state index contributed by atoms with van der Waals surface area (Å²) >= 11 is 0. The van der Waals surface area contributed by atoms with Crippen molar-refractivity contribution in [3.63, 3.8) is 0 Å². The minimum Gasteiger partial charge on any atom is -1.00 e. The molecule has 56 valence electrons. The van der Waals surface area contributed by atoms with Crippen LogP contribution in [0.1, 0.15) is 15.3 Å². The summed E-state index contributed by atoms with van der Waals surface area (Å²) in [4.78, 5) is 0. The molecule has 0 rings (SSSR count). The molecular weight excluding hydrogens is 162 g/mol. The van der Waals surface area contributed by atoms with E-state index in [4.69, 9.17) is 15.2 Å². The van der Waals surface area contributed by atoms with Crippen molar-refractivity contribution in [3.05, 3.63) is 0 Å². The van der Waals surface area contributed by atoms with E-state index in [0.29, 0.717) is 0 Å². The van der Waals surface area contributed by atoms with Crippen LogP contribution in [0, 0.1) is 0 Å². The van der Waals surface area contributed by atoms with Gasteiger partial charge in [0.05, 0.1) is 12.2 Å². The van der Waals surface area contributed by atoms with Crippen molar-refractivity contribution in [1.29, 1.82) is 0 Å². The fraction of sp³-hybridized carbons (Fsp3) is 1.00. The normalized spacial score (nSPS) is 15.3. The van der Waals surface area contributed by atoms with Gasteiger partial charge in [-0.1, -0.05) is 0 Å². The van der Waals surface area contributed by atoms with Gasteiger partial charge in [0.15, 0.2) is 0 Å². The molecule has 0 saturated heterocycles. The third kappa shape index (κ3) is 7.65. The molecule has 3 N–H and O–H groups in total. The van der Waals surface area contributed by atoms with Gasteiger partial charge in [-0.15, -0.1) is 0 Å². The van der Waals surface area contributed by atoms with Crippen molar-refractivity contribution in [2.75, 3.05) is 0 Å². The zero-order valence-electron chi connectivity index (χ0n) is 7.48. The van der Waals surface area contributed by atoms with E-state index in [1.807, 2.05) is 0 Å². The first-order valence-corrected chi connectivity index (χ1v) is 2.73. The number of hydrogen-bond donors (Lipinski definition) is 3. The molecule has 2 unspecified atom stereocenters. The maximum atomic E-state index is 8.72. The van der Waals surface area contributed by atoms with Crippen LogP contribution >= 0.6 is 0 Å². The Bertz CT molecular complexity index is 84.5. The molecule has 0 aromatic rings. The van der Waals surface area contributed by atoms with Gasteiger partial charge in [0, 0.05) is 0 Å². The van der Waals surface area contributed by atoms with Crippen LogP contribution in [0.25, 0.3) is 0 Å².